The van der Waals surface area contributed by atoms with E-state index in [4.69, 9.17) is 14.6 Å². The van der Waals surface area contributed by atoms with Crippen molar-refractivity contribution in [2.45, 2.75) is 186 Å². The Morgan fingerprint density at radius 1 is 0.581 bits per heavy atom. The maximum absolute atomic E-state index is 12.1. The zero-order valence-corrected chi connectivity index (χ0v) is 27.8. The van der Waals surface area contributed by atoms with E-state index in [9.17, 15) is 19.8 Å². The van der Waals surface area contributed by atoms with Gasteiger partial charge in [0.2, 0.25) is 0 Å². The highest BCUT2D eigenvalue weighted by Gasteiger charge is 2.16. The molecule has 0 aliphatic heterocycles. The SMILES string of the molecule is CCCCCCCC/C=C\CCCCCCCC(=O)OCC(CO)OC(=O)CCCCCCCCCCCCC(O)CO. The molecule has 2 atom stereocenters. The van der Waals surface area contributed by atoms with Gasteiger partial charge in [0.05, 0.1) is 19.3 Å². The molecule has 0 aromatic carbocycles. The van der Waals surface area contributed by atoms with Crippen LogP contribution in [0.5, 0.6) is 0 Å². The summed E-state index contributed by atoms with van der Waals surface area (Å²) in [6, 6.07) is 0. The molecule has 0 radical (unpaired) electrons. The van der Waals surface area contributed by atoms with E-state index in [0.717, 1.165) is 64.2 Å². The highest BCUT2D eigenvalue weighted by Crippen LogP contribution is 2.14. The Morgan fingerprint density at radius 2 is 1.02 bits per heavy atom. The lowest BCUT2D eigenvalue weighted by molar-refractivity contribution is -0.161. The smallest absolute Gasteiger partial charge is 0.306 e. The predicted octanol–water partition coefficient (Wildman–Crippen LogP) is 8.51. The predicted molar refractivity (Wildman–Crippen MR) is 176 cm³/mol. The first-order valence-electron chi connectivity index (χ1n) is 17.9. The summed E-state index contributed by atoms with van der Waals surface area (Å²) in [6.45, 7) is 1.67. The molecule has 254 valence electrons. The lowest BCUT2D eigenvalue weighted by Gasteiger charge is -2.15. The van der Waals surface area contributed by atoms with Crippen molar-refractivity contribution in [1.29, 1.82) is 0 Å². The summed E-state index contributed by atoms with van der Waals surface area (Å²) >= 11 is 0. The van der Waals surface area contributed by atoms with Crippen molar-refractivity contribution in [3.05, 3.63) is 12.2 Å². The number of carbonyl (C=O) groups excluding carboxylic acids is 2. The van der Waals surface area contributed by atoms with Crippen LogP contribution in [0.4, 0.5) is 0 Å². The molecule has 0 aromatic heterocycles. The second kappa shape index (κ2) is 33.5. The van der Waals surface area contributed by atoms with Gasteiger partial charge in [-0.15, -0.1) is 0 Å². The molecule has 43 heavy (non-hydrogen) atoms. The van der Waals surface area contributed by atoms with Gasteiger partial charge in [-0.3, -0.25) is 9.59 Å². The number of unbranched alkanes of at least 4 members (excludes halogenated alkanes) is 20. The number of rotatable bonds is 33. The van der Waals surface area contributed by atoms with E-state index in [-0.39, 0.29) is 31.8 Å². The van der Waals surface area contributed by atoms with Crippen LogP contribution >= 0.6 is 0 Å². The van der Waals surface area contributed by atoms with Crippen LogP contribution in [0.2, 0.25) is 0 Å². The van der Waals surface area contributed by atoms with Crippen molar-refractivity contribution in [3.63, 3.8) is 0 Å². The largest absolute Gasteiger partial charge is 0.462 e. The molecule has 7 heteroatoms. The molecule has 0 fully saturated rings. The van der Waals surface area contributed by atoms with Crippen molar-refractivity contribution >= 4 is 11.9 Å². The van der Waals surface area contributed by atoms with Crippen molar-refractivity contribution in [3.8, 4) is 0 Å². The van der Waals surface area contributed by atoms with Crippen LogP contribution in [0, 0.1) is 0 Å². The molecule has 0 amide bonds. The Labute approximate surface area is 264 Å². The fourth-order valence-electron chi connectivity index (χ4n) is 5.12. The van der Waals surface area contributed by atoms with Gasteiger partial charge in [-0.05, 0) is 44.9 Å². The van der Waals surface area contributed by atoms with Crippen molar-refractivity contribution in [2.24, 2.45) is 0 Å². The van der Waals surface area contributed by atoms with Gasteiger partial charge >= 0.3 is 11.9 Å². The van der Waals surface area contributed by atoms with Crippen molar-refractivity contribution < 1.29 is 34.4 Å². The van der Waals surface area contributed by atoms with Gasteiger partial charge in [0.25, 0.3) is 0 Å². The van der Waals surface area contributed by atoms with E-state index in [1.807, 2.05) is 0 Å². The van der Waals surface area contributed by atoms with Gasteiger partial charge in [0.15, 0.2) is 6.10 Å². The van der Waals surface area contributed by atoms with E-state index >= 15 is 0 Å². The molecule has 0 aliphatic carbocycles. The molecule has 0 heterocycles. The summed E-state index contributed by atoms with van der Waals surface area (Å²) in [4.78, 5) is 24.1. The van der Waals surface area contributed by atoms with Crippen LogP contribution in [0.3, 0.4) is 0 Å². The minimum absolute atomic E-state index is 0.0891. The number of ether oxygens (including phenoxy) is 2. The maximum atomic E-state index is 12.1. The molecule has 0 saturated carbocycles. The van der Waals surface area contributed by atoms with Crippen molar-refractivity contribution in [2.75, 3.05) is 19.8 Å². The molecule has 2 unspecified atom stereocenters. The quantitative estimate of drug-likeness (QED) is 0.0387. The number of allylic oxidation sites excluding steroid dienone is 2. The molecular weight excluding hydrogens is 544 g/mol. The topological polar surface area (TPSA) is 113 Å². The van der Waals surface area contributed by atoms with E-state index in [2.05, 4.69) is 19.1 Å². The van der Waals surface area contributed by atoms with Crippen molar-refractivity contribution in [1.82, 2.24) is 0 Å². The first-order valence-corrected chi connectivity index (χ1v) is 17.9. The molecular formula is C36H68O7. The monoisotopic (exact) mass is 612 g/mol. The van der Waals surface area contributed by atoms with Crippen LogP contribution in [0.15, 0.2) is 12.2 Å². The van der Waals surface area contributed by atoms with E-state index < -0.39 is 12.2 Å². The average Bonchev–Trinajstić information content (AvgIpc) is 3.01. The summed E-state index contributed by atoms with van der Waals surface area (Å²) in [6.07, 6.45) is 31.2. The van der Waals surface area contributed by atoms with E-state index in [1.54, 1.807) is 0 Å². The molecule has 0 saturated heterocycles. The summed E-state index contributed by atoms with van der Waals surface area (Å²) in [7, 11) is 0. The minimum Gasteiger partial charge on any atom is -0.462 e. The first-order chi connectivity index (χ1) is 21.0. The standard InChI is InChI=1S/C36H68O7/c1-2-3-4-5-6-7-8-9-10-11-12-16-19-22-25-28-35(40)42-32-34(31-38)43-36(41)29-26-23-20-17-14-13-15-18-21-24-27-33(39)30-37/h9-10,33-34,37-39H,2-8,11-32H2,1H3/b10-9-. The summed E-state index contributed by atoms with van der Waals surface area (Å²) in [5, 5.41) is 27.6. The summed E-state index contributed by atoms with van der Waals surface area (Å²) < 4.78 is 10.5. The van der Waals surface area contributed by atoms with Crippen LogP contribution in [0.25, 0.3) is 0 Å². The molecule has 0 rings (SSSR count). The third-order valence-corrected chi connectivity index (χ3v) is 7.95. The van der Waals surface area contributed by atoms with Gasteiger partial charge in [-0.25, -0.2) is 0 Å². The van der Waals surface area contributed by atoms with Crippen LogP contribution < -0.4 is 0 Å². The second-order valence-corrected chi connectivity index (χ2v) is 12.2. The van der Waals surface area contributed by atoms with Gasteiger partial charge in [0, 0.05) is 12.8 Å². The highest BCUT2D eigenvalue weighted by atomic mass is 16.6. The van der Waals surface area contributed by atoms with Gasteiger partial charge in [-0.1, -0.05) is 128 Å². The number of esters is 2. The molecule has 0 aliphatic rings. The van der Waals surface area contributed by atoms with Gasteiger partial charge < -0.3 is 24.8 Å². The Kier molecular flexibility index (Phi) is 32.3. The maximum Gasteiger partial charge on any atom is 0.306 e. The molecule has 0 bridgehead atoms. The number of aliphatic hydroxyl groups is 3. The van der Waals surface area contributed by atoms with E-state index in [1.165, 1.54) is 83.5 Å². The average molecular weight is 613 g/mol. The van der Waals surface area contributed by atoms with Gasteiger partial charge in [0.1, 0.15) is 6.61 Å². The fourth-order valence-corrected chi connectivity index (χ4v) is 5.12. The third-order valence-electron chi connectivity index (χ3n) is 7.95. The fraction of sp³-hybridized carbons (Fsp3) is 0.889. The number of aliphatic hydroxyl groups excluding tert-OH is 3. The summed E-state index contributed by atoms with van der Waals surface area (Å²) in [5.74, 6) is -0.647. The molecule has 3 N–H and O–H groups in total. The van der Waals surface area contributed by atoms with Crippen LogP contribution in [-0.4, -0.2) is 59.3 Å². The number of hydrogen-bond acceptors (Lipinski definition) is 7. The summed E-state index contributed by atoms with van der Waals surface area (Å²) in [5.41, 5.74) is 0. The lowest BCUT2D eigenvalue weighted by atomic mass is 10.0. The second-order valence-electron chi connectivity index (χ2n) is 12.2. The van der Waals surface area contributed by atoms with Crippen LogP contribution in [-0.2, 0) is 19.1 Å². The lowest BCUT2D eigenvalue weighted by Crippen LogP contribution is -2.28. The number of hydrogen-bond donors (Lipinski definition) is 3. The Bertz CT molecular complexity index is 637. The van der Waals surface area contributed by atoms with E-state index in [0.29, 0.717) is 19.3 Å². The first kappa shape index (κ1) is 41.6. The molecule has 0 spiro atoms. The van der Waals surface area contributed by atoms with Gasteiger partial charge in [-0.2, -0.15) is 0 Å². The normalized spacial score (nSPS) is 12.9. The Balaban J connectivity index is 3.56. The highest BCUT2D eigenvalue weighted by molar-refractivity contribution is 5.70. The zero-order valence-electron chi connectivity index (χ0n) is 27.8. The Morgan fingerprint density at radius 3 is 1.51 bits per heavy atom. The number of carbonyl (C=O) groups is 2. The third kappa shape index (κ3) is 31.8. The molecule has 0 aromatic rings. The molecule has 7 nitrogen and oxygen atoms in total. The zero-order chi connectivity index (χ0) is 31.6. The Hall–Kier alpha value is -1.44. The minimum atomic E-state index is -0.794. The van der Waals surface area contributed by atoms with Crippen LogP contribution in [0.1, 0.15) is 174 Å².